The van der Waals surface area contributed by atoms with Gasteiger partial charge in [0.05, 0.1) is 6.54 Å². The van der Waals surface area contributed by atoms with Crippen molar-refractivity contribution in [2.75, 3.05) is 0 Å². The molecule has 0 amide bonds. The Bertz CT molecular complexity index is 1100. The molecule has 0 fully saturated rings. The summed E-state index contributed by atoms with van der Waals surface area (Å²) < 4.78 is 8.14. The van der Waals surface area contributed by atoms with Crippen LogP contribution in [0.5, 0.6) is 11.5 Å². The highest BCUT2D eigenvalue weighted by molar-refractivity contribution is 7.71. The number of ether oxygens (including phenoxy) is 1. The molecule has 0 aliphatic heterocycles. The summed E-state index contributed by atoms with van der Waals surface area (Å²) in [6.45, 7) is 0.585. The van der Waals surface area contributed by atoms with Crippen LogP contribution in [0.1, 0.15) is 5.56 Å². The van der Waals surface area contributed by atoms with Gasteiger partial charge in [-0.25, -0.2) is 0 Å². The van der Waals surface area contributed by atoms with Crippen molar-refractivity contribution in [2.45, 2.75) is 6.54 Å². The Morgan fingerprint density at radius 2 is 1.67 bits per heavy atom. The van der Waals surface area contributed by atoms with Crippen LogP contribution in [0, 0.1) is 4.77 Å². The molecule has 4 aromatic rings. The zero-order chi connectivity index (χ0) is 18.6. The van der Waals surface area contributed by atoms with Gasteiger partial charge in [-0.15, -0.1) is 0 Å². The van der Waals surface area contributed by atoms with Gasteiger partial charge in [-0.2, -0.15) is 4.98 Å². The summed E-state index contributed by atoms with van der Waals surface area (Å²) in [7, 11) is 0. The lowest BCUT2D eigenvalue weighted by atomic mass is 10.2. The highest BCUT2D eigenvalue weighted by Gasteiger charge is 2.07. The summed E-state index contributed by atoms with van der Waals surface area (Å²) in [5, 5.41) is 3.95. The molecular formula is C21H16ClN3OS. The SMILES string of the molecule is S=c1nc(-c2ccc(Oc3ccccc3)cc2)[nH]n1Cc1cccc(Cl)c1. The second-order valence-corrected chi connectivity index (χ2v) is 6.81. The maximum absolute atomic E-state index is 6.05. The Kier molecular flexibility index (Phi) is 5.05. The first kappa shape index (κ1) is 17.5. The van der Waals surface area contributed by atoms with Gasteiger partial charge in [-0.05, 0) is 66.3 Å². The second kappa shape index (κ2) is 7.78. The normalized spacial score (nSPS) is 10.7. The van der Waals surface area contributed by atoms with Gasteiger partial charge in [0.2, 0.25) is 4.77 Å². The van der Waals surface area contributed by atoms with Gasteiger partial charge in [-0.1, -0.05) is 41.9 Å². The number of aromatic amines is 1. The standard InChI is InChI=1S/C21H16ClN3OS/c22-17-6-4-5-15(13-17)14-25-21(27)23-20(24-25)16-9-11-19(12-10-16)26-18-7-2-1-3-8-18/h1-13H,14H2,(H,23,24,27). The zero-order valence-electron chi connectivity index (χ0n) is 14.3. The van der Waals surface area contributed by atoms with Gasteiger partial charge < -0.3 is 4.74 Å². The lowest BCUT2D eigenvalue weighted by Crippen LogP contribution is -2.01. The van der Waals surface area contributed by atoms with Gasteiger partial charge in [0.15, 0.2) is 5.82 Å². The van der Waals surface area contributed by atoms with Crippen molar-refractivity contribution < 1.29 is 4.74 Å². The number of benzene rings is 3. The molecule has 0 aliphatic carbocycles. The van der Waals surface area contributed by atoms with E-state index in [9.17, 15) is 0 Å². The quantitative estimate of drug-likeness (QED) is 0.416. The molecule has 0 aliphatic rings. The van der Waals surface area contributed by atoms with E-state index in [0.29, 0.717) is 22.2 Å². The van der Waals surface area contributed by atoms with Crippen LogP contribution in [-0.2, 0) is 6.54 Å². The van der Waals surface area contributed by atoms with Crippen molar-refractivity contribution in [3.8, 4) is 22.9 Å². The summed E-state index contributed by atoms with van der Waals surface area (Å²) in [6, 6.07) is 25.1. The maximum atomic E-state index is 6.05. The highest BCUT2D eigenvalue weighted by Crippen LogP contribution is 2.24. The molecule has 0 unspecified atom stereocenters. The number of halogens is 1. The molecule has 0 saturated carbocycles. The third-order valence-corrected chi connectivity index (χ3v) is 4.56. The van der Waals surface area contributed by atoms with Crippen molar-refractivity contribution >= 4 is 23.8 Å². The van der Waals surface area contributed by atoms with E-state index >= 15 is 0 Å². The fraction of sp³-hybridized carbons (Fsp3) is 0.0476. The van der Waals surface area contributed by atoms with Crippen LogP contribution in [0.25, 0.3) is 11.4 Å². The van der Waals surface area contributed by atoms with Gasteiger partial charge in [-0.3, -0.25) is 9.78 Å². The van der Waals surface area contributed by atoms with E-state index in [1.165, 1.54) is 0 Å². The average Bonchev–Trinajstić information content (AvgIpc) is 3.04. The number of nitrogens with zero attached hydrogens (tertiary/aromatic N) is 2. The molecule has 4 nitrogen and oxygen atoms in total. The molecular weight excluding hydrogens is 378 g/mol. The van der Waals surface area contributed by atoms with Crippen LogP contribution in [0.2, 0.25) is 5.02 Å². The minimum Gasteiger partial charge on any atom is -0.457 e. The molecule has 6 heteroatoms. The van der Waals surface area contributed by atoms with E-state index in [1.54, 1.807) is 0 Å². The van der Waals surface area contributed by atoms with Crippen LogP contribution in [0.15, 0.2) is 78.9 Å². The zero-order valence-corrected chi connectivity index (χ0v) is 15.9. The van der Waals surface area contributed by atoms with Gasteiger partial charge >= 0.3 is 0 Å². The monoisotopic (exact) mass is 393 g/mol. The lowest BCUT2D eigenvalue weighted by molar-refractivity contribution is 0.483. The number of nitrogens with one attached hydrogen (secondary N) is 1. The predicted molar refractivity (Wildman–Crippen MR) is 110 cm³/mol. The molecule has 0 spiro atoms. The Balaban J connectivity index is 1.53. The van der Waals surface area contributed by atoms with E-state index in [0.717, 1.165) is 22.6 Å². The van der Waals surface area contributed by atoms with Gasteiger partial charge in [0.25, 0.3) is 0 Å². The minimum atomic E-state index is 0.495. The maximum Gasteiger partial charge on any atom is 0.216 e. The van der Waals surface area contributed by atoms with E-state index in [-0.39, 0.29) is 0 Å². The Labute approximate surface area is 167 Å². The minimum absolute atomic E-state index is 0.495. The molecule has 1 aromatic heterocycles. The number of hydrogen-bond donors (Lipinski definition) is 1. The number of H-pyrrole nitrogens is 1. The van der Waals surface area contributed by atoms with Crippen LogP contribution in [-0.4, -0.2) is 14.8 Å². The molecule has 4 rings (SSSR count). The average molecular weight is 394 g/mol. The van der Waals surface area contributed by atoms with Crippen LogP contribution in [0.4, 0.5) is 0 Å². The smallest absolute Gasteiger partial charge is 0.216 e. The lowest BCUT2D eigenvalue weighted by Gasteiger charge is -2.06. The van der Waals surface area contributed by atoms with E-state index < -0.39 is 0 Å². The molecule has 134 valence electrons. The fourth-order valence-electron chi connectivity index (χ4n) is 2.72. The third-order valence-electron chi connectivity index (χ3n) is 4.02. The Morgan fingerprint density at radius 1 is 0.926 bits per heavy atom. The van der Waals surface area contributed by atoms with Gasteiger partial charge in [0.1, 0.15) is 11.5 Å². The first-order valence-electron chi connectivity index (χ1n) is 8.42. The largest absolute Gasteiger partial charge is 0.457 e. The Hall–Kier alpha value is -2.89. The first-order valence-corrected chi connectivity index (χ1v) is 9.21. The summed E-state index contributed by atoms with van der Waals surface area (Å²) in [5.41, 5.74) is 1.99. The summed E-state index contributed by atoms with van der Waals surface area (Å²) in [5.74, 6) is 2.28. The fourth-order valence-corrected chi connectivity index (χ4v) is 3.13. The van der Waals surface area contributed by atoms with Crippen LogP contribution < -0.4 is 4.74 Å². The van der Waals surface area contributed by atoms with E-state index in [2.05, 4.69) is 10.1 Å². The summed E-state index contributed by atoms with van der Waals surface area (Å²) >= 11 is 11.4. The molecule has 3 aromatic carbocycles. The number of rotatable bonds is 5. The van der Waals surface area contributed by atoms with Crippen LogP contribution in [0.3, 0.4) is 0 Å². The van der Waals surface area contributed by atoms with Crippen molar-refractivity contribution in [3.05, 3.63) is 94.2 Å². The molecule has 1 N–H and O–H groups in total. The predicted octanol–water partition coefficient (Wildman–Crippen LogP) is 6.10. The first-order chi connectivity index (χ1) is 13.2. The van der Waals surface area contributed by atoms with E-state index in [1.807, 2.05) is 83.5 Å². The number of para-hydroxylation sites is 1. The summed E-state index contributed by atoms with van der Waals surface area (Å²) in [4.78, 5) is 4.46. The van der Waals surface area contributed by atoms with Gasteiger partial charge in [0, 0.05) is 10.6 Å². The molecule has 0 bridgehead atoms. The third kappa shape index (κ3) is 4.27. The van der Waals surface area contributed by atoms with Crippen molar-refractivity contribution in [1.82, 2.24) is 14.8 Å². The Morgan fingerprint density at radius 3 is 2.41 bits per heavy atom. The second-order valence-electron chi connectivity index (χ2n) is 6.01. The number of aromatic nitrogens is 3. The van der Waals surface area contributed by atoms with Crippen LogP contribution >= 0.6 is 23.8 Å². The summed E-state index contributed by atoms with van der Waals surface area (Å²) in [6.07, 6.45) is 0. The molecule has 27 heavy (non-hydrogen) atoms. The molecule has 0 saturated heterocycles. The topological polar surface area (TPSA) is 42.8 Å². The highest BCUT2D eigenvalue weighted by atomic mass is 35.5. The molecule has 0 radical (unpaired) electrons. The van der Waals surface area contributed by atoms with Crippen molar-refractivity contribution in [2.24, 2.45) is 0 Å². The molecule has 1 heterocycles. The van der Waals surface area contributed by atoms with Crippen molar-refractivity contribution in [1.29, 1.82) is 0 Å². The van der Waals surface area contributed by atoms with E-state index in [4.69, 9.17) is 28.6 Å². The number of hydrogen-bond acceptors (Lipinski definition) is 3. The van der Waals surface area contributed by atoms with Crippen molar-refractivity contribution in [3.63, 3.8) is 0 Å². The molecule has 0 atom stereocenters.